The Morgan fingerprint density at radius 3 is 2.24 bits per heavy atom. The smallest absolute Gasteiger partial charge is 0.411 e. The largest absolute Gasteiger partial charge is 0.445 e. The average Bonchev–Trinajstić information content (AvgIpc) is 2.70. The normalized spacial score (nSPS) is 17.8. The SMILES string of the molecule is COP(=O)(OC)C1CN(C(=O)OCc2ccccc2)CCN1C(=O)OC(C)(C)C. The third-order valence-electron chi connectivity index (χ3n) is 4.32. The van der Waals surface area contributed by atoms with E-state index in [1.807, 2.05) is 30.3 Å². The molecule has 162 valence electrons. The molecule has 1 saturated heterocycles. The van der Waals surface area contributed by atoms with Gasteiger partial charge in [-0.1, -0.05) is 30.3 Å². The van der Waals surface area contributed by atoms with E-state index in [1.165, 1.54) is 24.0 Å². The Bertz CT molecular complexity index is 743. The summed E-state index contributed by atoms with van der Waals surface area (Å²) in [5.74, 6) is -1.01. The summed E-state index contributed by atoms with van der Waals surface area (Å²) in [4.78, 5) is 27.8. The van der Waals surface area contributed by atoms with Crippen LogP contribution in [0.4, 0.5) is 9.59 Å². The average molecular weight is 428 g/mol. The van der Waals surface area contributed by atoms with Gasteiger partial charge in [0.05, 0.1) is 6.54 Å². The van der Waals surface area contributed by atoms with E-state index in [0.717, 1.165) is 5.56 Å². The van der Waals surface area contributed by atoms with Crippen LogP contribution in [-0.4, -0.2) is 67.2 Å². The number of rotatable bonds is 5. The van der Waals surface area contributed by atoms with E-state index in [1.54, 1.807) is 20.8 Å². The van der Waals surface area contributed by atoms with Crippen molar-refractivity contribution in [3.63, 3.8) is 0 Å². The topological polar surface area (TPSA) is 94.6 Å². The molecule has 1 fully saturated rings. The summed E-state index contributed by atoms with van der Waals surface area (Å²) >= 11 is 0. The molecular formula is C19H29N2O7P. The Morgan fingerprint density at radius 1 is 1.07 bits per heavy atom. The Morgan fingerprint density at radius 2 is 1.69 bits per heavy atom. The minimum absolute atomic E-state index is 0.0637. The molecule has 1 aromatic rings. The van der Waals surface area contributed by atoms with Crippen molar-refractivity contribution in [1.82, 2.24) is 9.80 Å². The lowest BCUT2D eigenvalue weighted by atomic mass is 10.2. The van der Waals surface area contributed by atoms with Gasteiger partial charge in [-0.25, -0.2) is 9.59 Å². The van der Waals surface area contributed by atoms with Crippen LogP contribution in [0.25, 0.3) is 0 Å². The number of carbonyl (C=O) groups is 2. The third kappa shape index (κ3) is 6.19. The zero-order chi connectivity index (χ0) is 21.7. The minimum atomic E-state index is -3.71. The molecule has 1 heterocycles. The van der Waals surface area contributed by atoms with Gasteiger partial charge in [-0.05, 0) is 26.3 Å². The van der Waals surface area contributed by atoms with E-state index in [0.29, 0.717) is 0 Å². The summed E-state index contributed by atoms with van der Waals surface area (Å²) in [7, 11) is -1.23. The van der Waals surface area contributed by atoms with Crippen LogP contribution in [0.1, 0.15) is 26.3 Å². The molecule has 29 heavy (non-hydrogen) atoms. The van der Waals surface area contributed by atoms with Gasteiger partial charge in [-0.3, -0.25) is 9.46 Å². The molecule has 10 heteroatoms. The molecule has 2 amide bonds. The van der Waals surface area contributed by atoms with Crippen molar-refractivity contribution in [2.24, 2.45) is 0 Å². The molecule has 0 aromatic heterocycles. The van der Waals surface area contributed by atoms with E-state index >= 15 is 0 Å². The zero-order valence-electron chi connectivity index (χ0n) is 17.5. The molecule has 0 N–H and O–H groups in total. The maximum atomic E-state index is 13.1. The van der Waals surface area contributed by atoms with Crippen molar-refractivity contribution in [2.75, 3.05) is 33.9 Å². The van der Waals surface area contributed by atoms with Crippen LogP contribution in [0, 0.1) is 0 Å². The highest BCUT2D eigenvalue weighted by Gasteiger charge is 2.47. The van der Waals surface area contributed by atoms with Crippen LogP contribution in [0.3, 0.4) is 0 Å². The van der Waals surface area contributed by atoms with Gasteiger partial charge < -0.3 is 23.4 Å². The summed E-state index contributed by atoms with van der Waals surface area (Å²) in [5.41, 5.74) is 0.126. The van der Waals surface area contributed by atoms with Gasteiger partial charge in [0.25, 0.3) is 0 Å². The van der Waals surface area contributed by atoms with Gasteiger partial charge >= 0.3 is 19.8 Å². The number of ether oxygens (including phenoxy) is 2. The van der Waals surface area contributed by atoms with Crippen LogP contribution in [0.2, 0.25) is 0 Å². The minimum Gasteiger partial charge on any atom is -0.445 e. The number of nitrogens with zero attached hydrogens (tertiary/aromatic N) is 2. The molecule has 1 aliphatic heterocycles. The first-order chi connectivity index (χ1) is 13.6. The third-order valence-corrected chi connectivity index (χ3v) is 6.51. The predicted octanol–water partition coefficient (Wildman–Crippen LogP) is 3.69. The lowest BCUT2D eigenvalue weighted by Crippen LogP contribution is -2.57. The highest BCUT2D eigenvalue weighted by atomic mass is 31.2. The summed E-state index contributed by atoms with van der Waals surface area (Å²) in [6, 6.07) is 9.28. The molecule has 1 aromatic carbocycles. The lowest BCUT2D eigenvalue weighted by molar-refractivity contribution is 0.00349. The van der Waals surface area contributed by atoms with E-state index in [4.69, 9.17) is 18.5 Å². The molecule has 1 aliphatic rings. The predicted molar refractivity (Wildman–Crippen MR) is 107 cm³/mol. The van der Waals surface area contributed by atoms with Crippen LogP contribution in [-0.2, 0) is 29.7 Å². The molecule has 0 spiro atoms. The molecule has 0 aliphatic carbocycles. The fraction of sp³-hybridized carbons (Fsp3) is 0.579. The number of hydrogen-bond acceptors (Lipinski definition) is 7. The van der Waals surface area contributed by atoms with Gasteiger partial charge in [0, 0.05) is 27.3 Å². The van der Waals surface area contributed by atoms with Gasteiger partial charge in [0.15, 0.2) is 5.78 Å². The van der Waals surface area contributed by atoms with Gasteiger partial charge in [0.2, 0.25) is 0 Å². The molecular weight excluding hydrogens is 399 g/mol. The first-order valence-electron chi connectivity index (χ1n) is 9.26. The number of hydrogen-bond donors (Lipinski definition) is 0. The first kappa shape index (κ1) is 23.2. The van der Waals surface area contributed by atoms with Crippen LogP contribution in [0.15, 0.2) is 30.3 Å². The maximum absolute atomic E-state index is 13.1. The molecule has 0 bridgehead atoms. The Labute approximate surface area is 171 Å². The van der Waals surface area contributed by atoms with Crippen molar-refractivity contribution in [3.8, 4) is 0 Å². The van der Waals surface area contributed by atoms with E-state index in [2.05, 4.69) is 0 Å². The van der Waals surface area contributed by atoms with Crippen LogP contribution < -0.4 is 0 Å². The van der Waals surface area contributed by atoms with Crippen molar-refractivity contribution in [2.45, 2.75) is 38.8 Å². The molecule has 0 radical (unpaired) electrons. The molecule has 1 unspecified atom stereocenters. The number of piperazine rings is 1. The summed E-state index contributed by atoms with van der Waals surface area (Å²) < 4.78 is 34.0. The Kier molecular flexibility index (Phi) is 7.68. The summed E-state index contributed by atoms with van der Waals surface area (Å²) in [5, 5.41) is 0. The van der Waals surface area contributed by atoms with E-state index in [9.17, 15) is 14.2 Å². The Balaban J connectivity index is 2.12. The molecule has 1 atom stereocenters. The first-order valence-corrected chi connectivity index (χ1v) is 10.9. The highest BCUT2D eigenvalue weighted by molar-refractivity contribution is 7.54. The zero-order valence-corrected chi connectivity index (χ0v) is 18.4. The van der Waals surface area contributed by atoms with Crippen molar-refractivity contribution < 1.29 is 32.7 Å². The second kappa shape index (κ2) is 9.61. The second-order valence-corrected chi connectivity index (χ2v) is 9.95. The number of amides is 2. The van der Waals surface area contributed by atoms with Gasteiger partial charge in [0.1, 0.15) is 12.2 Å². The summed E-state index contributed by atoms with van der Waals surface area (Å²) in [6.45, 7) is 5.58. The van der Waals surface area contributed by atoms with E-state index in [-0.39, 0.29) is 26.2 Å². The Hall–Kier alpha value is -2.09. The highest BCUT2D eigenvalue weighted by Crippen LogP contribution is 2.53. The fourth-order valence-corrected chi connectivity index (χ4v) is 4.45. The standard InChI is InChI=1S/C19H29N2O7P/c1-19(2,3)28-18(23)21-12-11-20(13-16(21)29(24,25-4)26-5)17(22)27-14-15-9-7-6-8-10-15/h6-10,16H,11-14H2,1-5H3. The molecule has 2 rings (SSSR count). The molecule has 9 nitrogen and oxygen atoms in total. The van der Waals surface area contributed by atoms with Crippen molar-refractivity contribution in [3.05, 3.63) is 35.9 Å². The maximum Gasteiger partial charge on any atom is 0.411 e. The monoisotopic (exact) mass is 428 g/mol. The van der Waals surface area contributed by atoms with Gasteiger partial charge in [-0.15, -0.1) is 0 Å². The van der Waals surface area contributed by atoms with Crippen molar-refractivity contribution in [1.29, 1.82) is 0 Å². The summed E-state index contributed by atoms with van der Waals surface area (Å²) in [6.07, 6.45) is -1.21. The van der Waals surface area contributed by atoms with Crippen LogP contribution >= 0.6 is 7.60 Å². The van der Waals surface area contributed by atoms with E-state index < -0.39 is 31.2 Å². The number of carbonyl (C=O) groups excluding carboxylic acids is 2. The quantitative estimate of drug-likeness (QED) is 0.660. The van der Waals surface area contributed by atoms with Crippen LogP contribution in [0.5, 0.6) is 0 Å². The lowest BCUT2D eigenvalue weighted by Gasteiger charge is -2.42. The van der Waals surface area contributed by atoms with Crippen molar-refractivity contribution >= 4 is 19.8 Å². The number of benzene rings is 1. The van der Waals surface area contributed by atoms with Gasteiger partial charge in [-0.2, -0.15) is 0 Å². The molecule has 0 saturated carbocycles. The fourth-order valence-electron chi connectivity index (χ4n) is 2.86. The second-order valence-electron chi connectivity index (χ2n) is 7.55.